The van der Waals surface area contributed by atoms with Gasteiger partial charge in [-0.1, -0.05) is 6.92 Å². The molecule has 1 unspecified atom stereocenters. The van der Waals surface area contributed by atoms with Crippen LogP contribution in [0.15, 0.2) is 29.6 Å². The molecule has 1 fully saturated rings. The van der Waals surface area contributed by atoms with Crippen molar-refractivity contribution in [1.29, 1.82) is 0 Å². The highest BCUT2D eigenvalue weighted by Gasteiger charge is 2.24. The monoisotopic (exact) mass is 369 g/mol. The van der Waals surface area contributed by atoms with Gasteiger partial charge in [-0.3, -0.25) is 4.79 Å². The fourth-order valence-electron chi connectivity index (χ4n) is 3.28. The van der Waals surface area contributed by atoms with Gasteiger partial charge in [0.25, 0.3) is 5.91 Å². The molecule has 0 spiro atoms. The van der Waals surface area contributed by atoms with Gasteiger partial charge in [0.2, 0.25) is 0 Å². The summed E-state index contributed by atoms with van der Waals surface area (Å²) in [4.78, 5) is 25.7. The van der Waals surface area contributed by atoms with Crippen LogP contribution in [-0.2, 0) is 12.8 Å². The second kappa shape index (κ2) is 7.11. The van der Waals surface area contributed by atoms with E-state index >= 15 is 0 Å². The minimum absolute atomic E-state index is 0.0516. The predicted molar refractivity (Wildman–Crippen MR) is 105 cm³/mol. The average Bonchev–Trinajstić information content (AvgIpc) is 3.32. The zero-order valence-corrected chi connectivity index (χ0v) is 15.6. The van der Waals surface area contributed by atoms with Crippen LogP contribution in [0.5, 0.6) is 0 Å². The summed E-state index contributed by atoms with van der Waals surface area (Å²) in [6.45, 7) is 2.27. The first-order chi connectivity index (χ1) is 12.6. The number of carbonyl (C=O) groups is 2. The summed E-state index contributed by atoms with van der Waals surface area (Å²) in [6, 6.07) is 7.37. The molecule has 26 heavy (non-hydrogen) atoms. The summed E-state index contributed by atoms with van der Waals surface area (Å²) < 4.78 is 0. The average molecular weight is 369 g/mol. The molecule has 2 aliphatic carbocycles. The summed E-state index contributed by atoms with van der Waals surface area (Å²) >= 11 is 1.70. The predicted octanol–water partition coefficient (Wildman–Crippen LogP) is 4.41. The second-order valence-corrected chi connectivity index (χ2v) is 8.27. The standard InChI is InChI=1S/C20H23N3O2S/c1-12-2-9-16-17(11-26-18(16)10-12)19(24)21-13-3-5-14(6-4-13)22-20(25)23-15-7-8-15/h3-6,11-12,15H,2,7-10H2,1H3,(H,21,24)(H2,22,23,25). The SMILES string of the molecule is CC1CCc2c(C(=O)Nc3ccc(NC(=O)NC4CC4)cc3)csc2C1. The van der Waals surface area contributed by atoms with Crippen molar-refractivity contribution in [2.45, 2.75) is 45.1 Å². The molecule has 1 aromatic heterocycles. The van der Waals surface area contributed by atoms with E-state index in [9.17, 15) is 9.59 Å². The van der Waals surface area contributed by atoms with Crippen molar-refractivity contribution in [3.8, 4) is 0 Å². The van der Waals surface area contributed by atoms with Crippen molar-refractivity contribution in [3.05, 3.63) is 45.6 Å². The second-order valence-electron chi connectivity index (χ2n) is 7.30. The fraction of sp³-hybridized carbons (Fsp3) is 0.400. The van der Waals surface area contributed by atoms with Gasteiger partial charge < -0.3 is 16.0 Å². The number of hydrogen-bond acceptors (Lipinski definition) is 3. The Morgan fingerprint density at radius 1 is 1.04 bits per heavy atom. The maximum atomic E-state index is 12.6. The molecule has 0 radical (unpaired) electrons. The first-order valence-electron chi connectivity index (χ1n) is 9.16. The highest BCUT2D eigenvalue weighted by molar-refractivity contribution is 7.10. The molecule has 5 nitrogen and oxygen atoms in total. The highest BCUT2D eigenvalue weighted by Crippen LogP contribution is 2.33. The first kappa shape index (κ1) is 17.1. The van der Waals surface area contributed by atoms with E-state index in [0.717, 1.165) is 43.4 Å². The van der Waals surface area contributed by atoms with E-state index in [0.29, 0.717) is 17.6 Å². The van der Waals surface area contributed by atoms with Gasteiger partial charge >= 0.3 is 6.03 Å². The van der Waals surface area contributed by atoms with Gasteiger partial charge in [0.05, 0.1) is 5.56 Å². The van der Waals surface area contributed by atoms with Crippen LogP contribution in [-0.4, -0.2) is 18.0 Å². The van der Waals surface area contributed by atoms with Crippen molar-refractivity contribution in [2.24, 2.45) is 5.92 Å². The Kier molecular flexibility index (Phi) is 4.68. The molecule has 2 aliphatic rings. The Bertz CT molecular complexity index is 824. The number of hydrogen-bond donors (Lipinski definition) is 3. The van der Waals surface area contributed by atoms with E-state index in [1.807, 2.05) is 17.5 Å². The Hall–Kier alpha value is -2.34. The molecule has 1 heterocycles. The first-order valence-corrected chi connectivity index (χ1v) is 10.0. The molecular weight excluding hydrogens is 346 g/mol. The Labute approximate surface area is 157 Å². The van der Waals surface area contributed by atoms with Crippen molar-refractivity contribution in [2.75, 3.05) is 10.6 Å². The van der Waals surface area contributed by atoms with E-state index in [1.165, 1.54) is 10.4 Å². The van der Waals surface area contributed by atoms with Crippen molar-refractivity contribution < 1.29 is 9.59 Å². The lowest BCUT2D eigenvalue weighted by molar-refractivity contribution is 0.102. The molecular formula is C20H23N3O2S. The van der Waals surface area contributed by atoms with E-state index < -0.39 is 0 Å². The minimum Gasteiger partial charge on any atom is -0.335 e. The lowest BCUT2D eigenvalue weighted by Crippen LogP contribution is -2.30. The molecule has 1 aromatic carbocycles. The summed E-state index contributed by atoms with van der Waals surface area (Å²) in [5.41, 5.74) is 3.47. The summed E-state index contributed by atoms with van der Waals surface area (Å²) in [7, 11) is 0. The third kappa shape index (κ3) is 3.90. The number of amides is 3. The number of anilines is 2. The largest absolute Gasteiger partial charge is 0.335 e. The number of rotatable bonds is 4. The van der Waals surface area contributed by atoms with Gasteiger partial charge in [0.15, 0.2) is 0 Å². The Morgan fingerprint density at radius 2 is 1.73 bits per heavy atom. The highest BCUT2D eigenvalue weighted by atomic mass is 32.1. The number of benzene rings is 1. The molecule has 6 heteroatoms. The quantitative estimate of drug-likeness (QED) is 0.747. The number of urea groups is 1. The molecule has 0 saturated heterocycles. The van der Waals surface area contributed by atoms with Crippen LogP contribution in [0.2, 0.25) is 0 Å². The van der Waals surface area contributed by atoms with Crippen LogP contribution in [0.25, 0.3) is 0 Å². The van der Waals surface area contributed by atoms with Gasteiger partial charge in [-0.2, -0.15) is 0 Å². The van der Waals surface area contributed by atoms with Gasteiger partial charge in [-0.25, -0.2) is 4.79 Å². The van der Waals surface area contributed by atoms with E-state index in [4.69, 9.17) is 0 Å². The maximum Gasteiger partial charge on any atom is 0.319 e. The van der Waals surface area contributed by atoms with Crippen LogP contribution in [0, 0.1) is 5.92 Å². The Morgan fingerprint density at radius 3 is 2.42 bits per heavy atom. The van der Waals surface area contributed by atoms with Gasteiger partial charge in [-0.05, 0) is 67.9 Å². The zero-order chi connectivity index (χ0) is 18.1. The summed E-state index contributed by atoms with van der Waals surface area (Å²) in [5.74, 6) is 0.651. The van der Waals surface area contributed by atoms with Crippen LogP contribution < -0.4 is 16.0 Å². The van der Waals surface area contributed by atoms with Gasteiger partial charge in [0.1, 0.15) is 0 Å². The fourth-order valence-corrected chi connectivity index (χ4v) is 4.53. The van der Waals surface area contributed by atoms with Crippen LogP contribution in [0.3, 0.4) is 0 Å². The number of nitrogens with one attached hydrogen (secondary N) is 3. The molecule has 1 saturated carbocycles. The molecule has 4 rings (SSSR count). The summed E-state index contributed by atoms with van der Waals surface area (Å²) in [6.07, 6.45) is 5.33. The number of thiophene rings is 1. The van der Waals surface area contributed by atoms with Gasteiger partial charge in [0, 0.05) is 27.7 Å². The number of carbonyl (C=O) groups excluding carboxylic acids is 2. The third-order valence-corrected chi connectivity index (χ3v) is 6.01. The smallest absolute Gasteiger partial charge is 0.319 e. The molecule has 3 N–H and O–H groups in total. The van der Waals surface area contributed by atoms with E-state index in [2.05, 4.69) is 22.9 Å². The van der Waals surface area contributed by atoms with Gasteiger partial charge in [-0.15, -0.1) is 11.3 Å². The minimum atomic E-state index is -0.177. The van der Waals surface area contributed by atoms with Crippen LogP contribution in [0.1, 0.15) is 47.0 Å². The molecule has 0 bridgehead atoms. The molecule has 136 valence electrons. The summed E-state index contributed by atoms with van der Waals surface area (Å²) in [5, 5.41) is 10.6. The topological polar surface area (TPSA) is 70.2 Å². The van der Waals surface area contributed by atoms with Crippen molar-refractivity contribution >= 4 is 34.6 Å². The van der Waals surface area contributed by atoms with E-state index in [1.54, 1.807) is 23.5 Å². The lowest BCUT2D eigenvalue weighted by atomic mass is 9.88. The molecule has 0 aliphatic heterocycles. The molecule has 3 amide bonds. The molecule has 2 aromatic rings. The van der Waals surface area contributed by atoms with E-state index in [-0.39, 0.29) is 11.9 Å². The zero-order valence-electron chi connectivity index (χ0n) is 14.8. The maximum absolute atomic E-state index is 12.6. The van der Waals surface area contributed by atoms with Crippen LogP contribution >= 0.6 is 11.3 Å². The molecule has 1 atom stereocenters. The number of fused-ring (bicyclic) bond motifs is 1. The lowest BCUT2D eigenvalue weighted by Gasteiger charge is -2.18. The van der Waals surface area contributed by atoms with Crippen molar-refractivity contribution in [3.63, 3.8) is 0 Å². The van der Waals surface area contributed by atoms with Crippen LogP contribution in [0.4, 0.5) is 16.2 Å². The third-order valence-electron chi connectivity index (χ3n) is 4.96. The Balaban J connectivity index is 1.38. The normalized spacial score (nSPS) is 18.7. The van der Waals surface area contributed by atoms with Crippen molar-refractivity contribution in [1.82, 2.24) is 5.32 Å².